The summed E-state index contributed by atoms with van der Waals surface area (Å²) in [6.45, 7) is 7.14. The number of benzene rings is 2. The van der Waals surface area contributed by atoms with E-state index in [0.29, 0.717) is 19.1 Å². The molecule has 0 amide bonds. The molecule has 0 aliphatic carbocycles. The fraction of sp³-hybridized carbons (Fsp3) is 0.333. The molecule has 0 heterocycles. The number of aryl methyl sites for hydroxylation is 1. The number of hydrogen-bond acceptors (Lipinski definition) is 2. The van der Waals surface area contributed by atoms with Crippen molar-refractivity contribution in [1.82, 2.24) is 0 Å². The maximum Gasteiger partial charge on any atom is 0.123 e. The summed E-state index contributed by atoms with van der Waals surface area (Å²) in [6, 6.07) is 10.8. The molecule has 0 aromatic heterocycles. The SMILES string of the molecule is Cc1cc(OCc2ccc(F)cc2CN)ccc1C(C)C. The number of rotatable bonds is 5. The van der Waals surface area contributed by atoms with Crippen LogP contribution in [0.4, 0.5) is 4.39 Å². The highest BCUT2D eigenvalue weighted by Gasteiger charge is 2.07. The Hall–Kier alpha value is -1.87. The Morgan fingerprint density at radius 3 is 2.48 bits per heavy atom. The van der Waals surface area contributed by atoms with Crippen molar-refractivity contribution in [2.45, 2.75) is 39.8 Å². The average Bonchev–Trinajstić information content (AvgIpc) is 2.45. The monoisotopic (exact) mass is 287 g/mol. The van der Waals surface area contributed by atoms with Gasteiger partial charge in [0.15, 0.2) is 0 Å². The second-order valence-electron chi connectivity index (χ2n) is 5.58. The molecular weight excluding hydrogens is 265 g/mol. The zero-order chi connectivity index (χ0) is 15.4. The zero-order valence-electron chi connectivity index (χ0n) is 12.8. The molecule has 2 nitrogen and oxygen atoms in total. The van der Waals surface area contributed by atoms with Gasteiger partial charge in [0, 0.05) is 6.54 Å². The molecule has 2 aromatic rings. The van der Waals surface area contributed by atoms with Crippen LogP contribution in [0.3, 0.4) is 0 Å². The Bertz CT molecular complexity index is 623. The summed E-state index contributed by atoms with van der Waals surface area (Å²) >= 11 is 0. The van der Waals surface area contributed by atoms with Crippen molar-refractivity contribution in [3.63, 3.8) is 0 Å². The molecule has 2 aromatic carbocycles. The quantitative estimate of drug-likeness (QED) is 0.890. The summed E-state index contributed by atoms with van der Waals surface area (Å²) in [4.78, 5) is 0. The van der Waals surface area contributed by atoms with Gasteiger partial charge in [0.25, 0.3) is 0 Å². The second-order valence-corrected chi connectivity index (χ2v) is 5.58. The third-order valence-electron chi connectivity index (χ3n) is 3.65. The van der Waals surface area contributed by atoms with E-state index in [1.807, 2.05) is 12.1 Å². The average molecular weight is 287 g/mol. The Labute approximate surface area is 125 Å². The molecule has 0 aliphatic heterocycles. The van der Waals surface area contributed by atoms with Gasteiger partial charge in [-0.05, 0) is 59.4 Å². The molecular formula is C18H22FNO. The third kappa shape index (κ3) is 3.82. The highest BCUT2D eigenvalue weighted by molar-refractivity contribution is 5.37. The lowest BCUT2D eigenvalue weighted by molar-refractivity contribution is 0.304. The summed E-state index contributed by atoms with van der Waals surface area (Å²) in [5.41, 5.74) is 9.90. The van der Waals surface area contributed by atoms with Crippen LogP contribution in [0.5, 0.6) is 5.75 Å². The van der Waals surface area contributed by atoms with Gasteiger partial charge in [-0.2, -0.15) is 0 Å². The van der Waals surface area contributed by atoms with Gasteiger partial charge in [0.1, 0.15) is 18.2 Å². The summed E-state index contributed by atoms with van der Waals surface area (Å²) in [7, 11) is 0. The van der Waals surface area contributed by atoms with E-state index in [0.717, 1.165) is 16.9 Å². The van der Waals surface area contributed by atoms with Crippen molar-refractivity contribution >= 4 is 0 Å². The molecule has 3 heteroatoms. The molecule has 0 atom stereocenters. The Balaban J connectivity index is 2.11. The van der Waals surface area contributed by atoms with Crippen molar-refractivity contribution in [3.8, 4) is 5.75 Å². The van der Waals surface area contributed by atoms with Crippen LogP contribution in [0.15, 0.2) is 36.4 Å². The maximum atomic E-state index is 13.2. The van der Waals surface area contributed by atoms with Crippen molar-refractivity contribution < 1.29 is 9.13 Å². The summed E-state index contributed by atoms with van der Waals surface area (Å²) in [6.07, 6.45) is 0. The topological polar surface area (TPSA) is 35.2 Å². The molecule has 0 radical (unpaired) electrons. The van der Waals surface area contributed by atoms with Crippen LogP contribution >= 0.6 is 0 Å². The van der Waals surface area contributed by atoms with Crippen LogP contribution in [0.25, 0.3) is 0 Å². The Morgan fingerprint density at radius 1 is 1.10 bits per heavy atom. The summed E-state index contributed by atoms with van der Waals surface area (Å²) in [5, 5.41) is 0. The minimum Gasteiger partial charge on any atom is -0.489 e. The highest BCUT2D eigenvalue weighted by Crippen LogP contribution is 2.24. The van der Waals surface area contributed by atoms with Crippen molar-refractivity contribution in [1.29, 1.82) is 0 Å². The number of hydrogen-bond donors (Lipinski definition) is 1. The highest BCUT2D eigenvalue weighted by atomic mass is 19.1. The predicted octanol–water partition coefficient (Wildman–Crippen LogP) is 4.30. The first-order chi connectivity index (χ1) is 10.0. The van der Waals surface area contributed by atoms with E-state index in [1.165, 1.54) is 23.3 Å². The van der Waals surface area contributed by atoms with Crippen LogP contribution in [0.2, 0.25) is 0 Å². The van der Waals surface area contributed by atoms with E-state index in [9.17, 15) is 4.39 Å². The zero-order valence-corrected chi connectivity index (χ0v) is 12.8. The van der Waals surface area contributed by atoms with Crippen molar-refractivity contribution in [2.24, 2.45) is 5.73 Å². The van der Waals surface area contributed by atoms with E-state index >= 15 is 0 Å². The van der Waals surface area contributed by atoms with Gasteiger partial charge in [-0.15, -0.1) is 0 Å². The standard InChI is InChI=1S/C18H22FNO/c1-12(2)18-7-6-17(8-13(18)3)21-11-14-4-5-16(19)9-15(14)10-20/h4-9,12H,10-11,20H2,1-3H3. The molecule has 0 aliphatic rings. The molecule has 0 unspecified atom stereocenters. The first kappa shape index (κ1) is 15.5. The lowest BCUT2D eigenvalue weighted by atomic mass is 9.98. The number of nitrogens with two attached hydrogens (primary N) is 1. The van der Waals surface area contributed by atoms with Crippen molar-refractivity contribution in [3.05, 3.63) is 64.5 Å². The predicted molar refractivity (Wildman–Crippen MR) is 83.9 cm³/mol. The summed E-state index contributed by atoms with van der Waals surface area (Å²) in [5.74, 6) is 1.06. The number of halogens is 1. The minimum atomic E-state index is -0.267. The normalized spacial score (nSPS) is 11.0. The van der Waals surface area contributed by atoms with E-state index in [-0.39, 0.29) is 5.82 Å². The maximum absolute atomic E-state index is 13.2. The van der Waals surface area contributed by atoms with Crippen LogP contribution in [-0.4, -0.2) is 0 Å². The molecule has 2 rings (SSSR count). The van der Waals surface area contributed by atoms with Crippen molar-refractivity contribution in [2.75, 3.05) is 0 Å². The fourth-order valence-corrected chi connectivity index (χ4v) is 2.47. The van der Waals surface area contributed by atoms with Crippen LogP contribution in [0, 0.1) is 12.7 Å². The lowest BCUT2D eigenvalue weighted by Gasteiger charge is -2.13. The number of ether oxygens (including phenoxy) is 1. The van der Waals surface area contributed by atoms with Crippen LogP contribution < -0.4 is 10.5 Å². The van der Waals surface area contributed by atoms with Gasteiger partial charge >= 0.3 is 0 Å². The lowest BCUT2D eigenvalue weighted by Crippen LogP contribution is -2.05. The minimum absolute atomic E-state index is 0.267. The largest absolute Gasteiger partial charge is 0.489 e. The molecule has 0 fully saturated rings. The van der Waals surface area contributed by atoms with E-state index in [1.54, 1.807) is 6.07 Å². The molecule has 112 valence electrons. The molecule has 21 heavy (non-hydrogen) atoms. The third-order valence-corrected chi connectivity index (χ3v) is 3.65. The van der Waals surface area contributed by atoms with Gasteiger partial charge in [-0.1, -0.05) is 26.0 Å². The smallest absolute Gasteiger partial charge is 0.123 e. The Kier molecular flexibility index (Phi) is 4.97. The van der Waals surface area contributed by atoms with Gasteiger partial charge in [0.2, 0.25) is 0 Å². The van der Waals surface area contributed by atoms with Gasteiger partial charge in [0.05, 0.1) is 0 Å². The van der Waals surface area contributed by atoms with Crippen LogP contribution in [0.1, 0.15) is 42.0 Å². The molecule has 0 spiro atoms. The molecule has 0 saturated heterocycles. The fourth-order valence-electron chi connectivity index (χ4n) is 2.47. The molecule has 0 bridgehead atoms. The van der Waals surface area contributed by atoms with E-state index in [2.05, 4.69) is 26.8 Å². The van der Waals surface area contributed by atoms with Gasteiger partial charge in [-0.3, -0.25) is 0 Å². The summed E-state index contributed by atoms with van der Waals surface area (Å²) < 4.78 is 19.0. The molecule has 0 saturated carbocycles. The molecule has 2 N–H and O–H groups in total. The van der Waals surface area contributed by atoms with Gasteiger partial charge in [-0.25, -0.2) is 4.39 Å². The second kappa shape index (κ2) is 6.72. The van der Waals surface area contributed by atoms with E-state index in [4.69, 9.17) is 10.5 Å². The Morgan fingerprint density at radius 2 is 1.86 bits per heavy atom. The van der Waals surface area contributed by atoms with Crippen LogP contribution in [-0.2, 0) is 13.2 Å². The van der Waals surface area contributed by atoms with Gasteiger partial charge < -0.3 is 10.5 Å². The van der Waals surface area contributed by atoms with E-state index < -0.39 is 0 Å². The first-order valence-electron chi connectivity index (χ1n) is 7.22. The first-order valence-corrected chi connectivity index (χ1v) is 7.22.